The zero-order valence-electron chi connectivity index (χ0n) is 13.9. The standard InChI is InChI=1S/C19H16N4O2/c1-11-8-14-15(9-12(11)2)21-22-17-16(14)20-19(25)23(18(17)24)10-13-6-4-3-5-7-13/h3-9H,10H2,1-2H3,(H,20,25). The van der Waals surface area contributed by atoms with Gasteiger partial charge in [-0.25, -0.2) is 4.79 Å². The van der Waals surface area contributed by atoms with E-state index in [-0.39, 0.29) is 12.1 Å². The van der Waals surface area contributed by atoms with Crippen LogP contribution in [0.5, 0.6) is 0 Å². The number of aromatic amines is 1. The average molecular weight is 332 g/mol. The molecule has 4 rings (SSSR count). The summed E-state index contributed by atoms with van der Waals surface area (Å²) in [7, 11) is 0. The zero-order valence-corrected chi connectivity index (χ0v) is 13.9. The van der Waals surface area contributed by atoms with Crippen molar-refractivity contribution in [3.8, 4) is 0 Å². The molecule has 2 heterocycles. The van der Waals surface area contributed by atoms with Gasteiger partial charge in [-0.15, -0.1) is 10.2 Å². The van der Waals surface area contributed by atoms with Crippen LogP contribution >= 0.6 is 0 Å². The third-order valence-corrected chi connectivity index (χ3v) is 4.48. The summed E-state index contributed by atoms with van der Waals surface area (Å²) in [5.74, 6) is 0. The highest BCUT2D eigenvalue weighted by molar-refractivity contribution is 6.01. The third kappa shape index (κ3) is 2.52. The number of nitrogens with one attached hydrogen (secondary N) is 1. The fraction of sp³-hybridized carbons (Fsp3) is 0.158. The molecule has 1 N–H and O–H groups in total. The van der Waals surface area contributed by atoms with Crippen LogP contribution in [0.2, 0.25) is 0 Å². The third-order valence-electron chi connectivity index (χ3n) is 4.48. The molecule has 6 heteroatoms. The van der Waals surface area contributed by atoms with Gasteiger partial charge < -0.3 is 4.98 Å². The second-order valence-corrected chi connectivity index (χ2v) is 6.18. The van der Waals surface area contributed by atoms with Gasteiger partial charge in [0.15, 0.2) is 5.52 Å². The second kappa shape index (κ2) is 5.66. The van der Waals surface area contributed by atoms with Crippen LogP contribution in [0.15, 0.2) is 52.1 Å². The van der Waals surface area contributed by atoms with Crippen molar-refractivity contribution in [2.24, 2.45) is 0 Å². The number of hydrogen-bond donors (Lipinski definition) is 1. The van der Waals surface area contributed by atoms with Gasteiger partial charge in [-0.2, -0.15) is 0 Å². The average Bonchev–Trinajstić information content (AvgIpc) is 2.61. The van der Waals surface area contributed by atoms with Crippen molar-refractivity contribution in [3.63, 3.8) is 0 Å². The van der Waals surface area contributed by atoms with E-state index >= 15 is 0 Å². The highest BCUT2D eigenvalue weighted by Gasteiger charge is 2.13. The number of fused-ring (bicyclic) bond motifs is 3. The Morgan fingerprint density at radius 1 is 1.00 bits per heavy atom. The lowest BCUT2D eigenvalue weighted by Gasteiger charge is -2.08. The molecule has 0 aliphatic heterocycles. The number of hydrogen-bond acceptors (Lipinski definition) is 4. The van der Waals surface area contributed by atoms with Gasteiger partial charge >= 0.3 is 5.69 Å². The molecule has 4 aromatic rings. The lowest BCUT2D eigenvalue weighted by Crippen LogP contribution is -2.36. The second-order valence-electron chi connectivity index (χ2n) is 6.18. The number of rotatable bonds is 2. The van der Waals surface area contributed by atoms with E-state index in [1.54, 1.807) is 0 Å². The molecule has 0 saturated carbocycles. The van der Waals surface area contributed by atoms with Gasteiger partial charge in [-0.3, -0.25) is 9.36 Å². The van der Waals surface area contributed by atoms with Crippen molar-refractivity contribution >= 4 is 21.9 Å². The first-order chi connectivity index (χ1) is 12.0. The summed E-state index contributed by atoms with van der Waals surface area (Å²) in [6.45, 7) is 4.16. The highest BCUT2D eigenvalue weighted by atomic mass is 16.2. The van der Waals surface area contributed by atoms with Crippen molar-refractivity contribution in [2.45, 2.75) is 20.4 Å². The first-order valence-electron chi connectivity index (χ1n) is 7.99. The van der Waals surface area contributed by atoms with Crippen LogP contribution < -0.4 is 11.2 Å². The molecule has 6 nitrogen and oxygen atoms in total. The van der Waals surface area contributed by atoms with E-state index in [1.807, 2.05) is 56.3 Å². The summed E-state index contributed by atoms with van der Waals surface area (Å²) >= 11 is 0. The summed E-state index contributed by atoms with van der Waals surface area (Å²) in [6, 6.07) is 13.2. The summed E-state index contributed by atoms with van der Waals surface area (Å²) in [4.78, 5) is 28.1. The van der Waals surface area contributed by atoms with Crippen molar-refractivity contribution in [1.29, 1.82) is 0 Å². The quantitative estimate of drug-likeness (QED) is 0.571. The molecule has 0 radical (unpaired) electrons. The molecule has 2 aromatic heterocycles. The van der Waals surface area contributed by atoms with Crippen LogP contribution in [-0.2, 0) is 6.54 Å². The van der Waals surface area contributed by atoms with Crippen molar-refractivity contribution in [3.05, 3.63) is 80.0 Å². The van der Waals surface area contributed by atoms with Gasteiger partial charge in [0.05, 0.1) is 17.6 Å². The molecule has 0 amide bonds. The predicted octanol–water partition coefficient (Wildman–Crippen LogP) is 2.30. The van der Waals surface area contributed by atoms with E-state index in [4.69, 9.17) is 0 Å². The maximum absolute atomic E-state index is 12.8. The molecule has 124 valence electrons. The van der Waals surface area contributed by atoms with Crippen molar-refractivity contribution in [1.82, 2.24) is 19.7 Å². The molecule has 0 saturated heterocycles. The molecule has 0 aliphatic rings. The van der Waals surface area contributed by atoms with Gasteiger partial charge in [-0.1, -0.05) is 30.3 Å². The number of benzene rings is 2. The fourth-order valence-electron chi connectivity index (χ4n) is 2.95. The monoisotopic (exact) mass is 332 g/mol. The number of H-pyrrole nitrogens is 1. The maximum Gasteiger partial charge on any atom is 0.329 e. The van der Waals surface area contributed by atoms with Gasteiger partial charge in [-0.05, 0) is 42.7 Å². The minimum Gasteiger partial charge on any atom is -0.305 e. The van der Waals surface area contributed by atoms with Crippen LogP contribution in [0, 0.1) is 13.8 Å². The SMILES string of the molecule is Cc1cc2nnc3c(=O)n(Cc4ccccc4)c(=O)[nH]c3c2cc1C. The topological polar surface area (TPSA) is 80.6 Å². The Labute approximate surface area is 142 Å². The Kier molecular flexibility index (Phi) is 3.46. The molecule has 25 heavy (non-hydrogen) atoms. The zero-order chi connectivity index (χ0) is 17.6. The smallest absolute Gasteiger partial charge is 0.305 e. The summed E-state index contributed by atoms with van der Waals surface area (Å²) in [5.41, 5.74) is 3.40. The molecule has 0 spiro atoms. The Balaban J connectivity index is 2.00. The first kappa shape index (κ1) is 15.3. The van der Waals surface area contributed by atoms with E-state index in [9.17, 15) is 9.59 Å². The number of aryl methyl sites for hydroxylation is 2. The van der Waals surface area contributed by atoms with Gasteiger partial charge in [0.1, 0.15) is 0 Å². The van der Waals surface area contributed by atoms with Crippen LogP contribution in [0.3, 0.4) is 0 Å². The van der Waals surface area contributed by atoms with E-state index < -0.39 is 11.2 Å². The molecule has 0 aliphatic carbocycles. The molecule has 0 bridgehead atoms. The Morgan fingerprint density at radius 2 is 1.72 bits per heavy atom. The lowest BCUT2D eigenvalue weighted by molar-refractivity contribution is 0.708. The number of aromatic nitrogens is 4. The molecule has 2 aromatic carbocycles. The van der Waals surface area contributed by atoms with E-state index in [1.165, 1.54) is 0 Å². The van der Waals surface area contributed by atoms with Crippen molar-refractivity contribution in [2.75, 3.05) is 0 Å². The Morgan fingerprint density at radius 3 is 2.48 bits per heavy atom. The summed E-state index contributed by atoms with van der Waals surface area (Å²) < 4.78 is 1.15. The largest absolute Gasteiger partial charge is 0.329 e. The van der Waals surface area contributed by atoms with Crippen LogP contribution in [0.1, 0.15) is 16.7 Å². The molecular weight excluding hydrogens is 316 g/mol. The molecule has 0 unspecified atom stereocenters. The minimum absolute atomic E-state index is 0.172. The van der Waals surface area contributed by atoms with Crippen LogP contribution in [-0.4, -0.2) is 19.7 Å². The molecule has 0 atom stereocenters. The van der Waals surface area contributed by atoms with Crippen molar-refractivity contribution < 1.29 is 0 Å². The Hall–Kier alpha value is -3.28. The molecule has 0 fully saturated rings. The number of nitrogens with zero attached hydrogens (tertiary/aromatic N) is 3. The first-order valence-corrected chi connectivity index (χ1v) is 7.99. The predicted molar refractivity (Wildman–Crippen MR) is 96.9 cm³/mol. The van der Waals surface area contributed by atoms with E-state index in [0.717, 1.165) is 26.6 Å². The summed E-state index contributed by atoms with van der Waals surface area (Å²) in [6.07, 6.45) is 0. The van der Waals surface area contributed by atoms with Crippen LogP contribution in [0.4, 0.5) is 0 Å². The Bertz CT molecular complexity index is 1220. The van der Waals surface area contributed by atoms with Crippen LogP contribution in [0.25, 0.3) is 21.9 Å². The summed E-state index contributed by atoms with van der Waals surface area (Å²) in [5, 5.41) is 8.96. The minimum atomic E-state index is -0.450. The van der Waals surface area contributed by atoms with E-state index in [2.05, 4.69) is 15.2 Å². The van der Waals surface area contributed by atoms with Gasteiger partial charge in [0.2, 0.25) is 0 Å². The fourth-order valence-corrected chi connectivity index (χ4v) is 2.95. The normalized spacial score (nSPS) is 11.3. The van der Waals surface area contributed by atoms with Gasteiger partial charge in [0, 0.05) is 5.39 Å². The highest BCUT2D eigenvalue weighted by Crippen LogP contribution is 2.21. The van der Waals surface area contributed by atoms with Gasteiger partial charge in [0.25, 0.3) is 5.56 Å². The maximum atomic E-state index is 12.8. The van der Waals surface area contributed by atoms with E-state index in [0.29, 0.717) is 11.0 Å². The molecular formula is C19H16N4O2. The lowest BCUT2D eigenvalue weighted by atomic mass is 10.1.